The topological polar surface area (TPSA) is 67.8 Å². The number of oxime groups is 1. The summed E-state index contributed by atoms with van der Waals surface area (Å²) in [4.78, 5) is 0. The second-order valence-corrected chi connectivity index (χ2v) is 4.54. The number of hydrogen-bond acceptors (Lipinski definition) is 3. The smallest absolute Gasteiger partial charge is 0.173 e. The lowest BCUT2D eigenvalue weighted by Gasteiger charge is -2.18. The Hall–Kier alpha value is -1.71. The molecule has 1 aromatic carbocycles. The lowest BCUT2D eigenvalue weighted by atomic mass is 10.1. The Kier molecular flexibility index (Phi) is 4.82. The number of amidine groups is 1. The first kappa shape index (κ1) is 13.4. The quantitative estimate of drug-likeness (QED) is 0.357. The van der Waals surface area contributed by atoms with Gasteiger partial charge in [-0.05, 0) is 31.4 Å². The summed E-state index contributed by atoms with van der Waals surface area (Å²) in [5, 5.41) is 11.7. The number of benzene rings is 1. The van der Waals surface area contributed by atoms with Gasteiger partial charge >= 0.3 is 0 Å². The zero-order chi connectivity index (χ0) is 12.8. The molecule has 0 amide bonds. The minimum absolute atomic E-state index is 0.0670. The Morgan fingerprint density at radius 1 is 1.35 bits per heavy atom. The summed E-state index contributed by atoms with van der Waals surface area (Å²) < 4.78 is 5.81. The molecule has 17 heavy (non-hydrogen) atoms. The number of nitrogens with zero attached hydrogens (tertiary/aromatic N) is 1. The highest BCUT2D eigenvalue weighted by Gasteiger charge is 2.11. The first-order valence-corrected chi connectivity index (χ1v) is 5.78. The molecule has 4 heteroatoms. The van der Waals surface area contributed by atoms with Gasteiger partial charge in [-0.3, -0.25) is 0 Å². The number of nitrogens with two attached hydrogens (primary N) is 1. The zero-order valence-electron chi connectivity index (χ0n) is 10.6. The molecule has 1 atom stereocenters. The van der Waals surface area contributed by atoms with E-state index in [0.29, 0.717) is 17.2 Å². The van der Waals surface area contributed by atoms with E-state index >= 15 is 0 Å². The summed E-state index contributed by atoms with van der Waals surface area (Å²) in [6.07, 6.45) is 1.06. The second-order valence-electron chi connectivity index (χ2n) is 4.54. The molecular formula is C13H20N2O2. The van der Waals surface area contributed by atoms with Crippen LogP contribution in [0, 0.1) is 5.92 Å². The second kappa shape index (κ2) is 6.13. The monoisotopic (exact) mass is 236 g/mol. The van der Waals surface area contributed by atoms with Crippen molar-refractivity contribution in [3.05, 3.63) is 29.8 Å². The first-order valence-electron chi connectivity index (χ1n) is 5.78. The Balaban J connectivity index is 2.84. The van der Waals surface area contributed by atoms with Crippen LogP contribution in [-0.2, 0) is 0 Å². The van der Waals surface area contributed by atoms with Crippen molar-refractivity contribution in [1.29, 1.82) is 0 Å². The van der Waals surface area contributed by atoms with Gasteiger partial charge in [0.15, 0.2) is 5.84 Å². The summed E-state index contributed by atoms with van der Waals surface area (Å²) in [6, 6.07) is 7.29. The van der Waals surface area contributed by atoms with Gasteiger partial charge in [0.05, 0.1) is 11.7 Å². The molecule has 94 valence electrons. The van der Waals surface area contributed by atoms with Crippen molar-refractivity contribution in [2.24, 2.45) is 16.8 Å². The highest BCUT2D eigenvalue weighted by Crippen LogP contribution is 2.20. The van der Waals surface area contributed by atoms with Crippen LogP contribution in [0.3, 0.4) is 0 Å². The van der Waals surface area contributed by atoms with Crippen LogP contribution in [0.5, 0.6) is 5.75 Å². The SMILES string of the molecule is CC(C)CC(C)Oc1ccccc1/C(N)=N/O. The summed E-state index contributed by atoms with van der Waals surface area (Å²) >= 11 is 0. The first-order chi connectivity index (χ1) is 8.04. The molecule has 0 bridgehead atoms. The molecule has 1 unspecified atom stereocenters. The Labute approximate surface area is 102 Å². The highest BCUT2D eigenvalue weighted by atomic mass is 16.5. The largest absolute Gasteiger partial charge is 0.490 e. The van der Waals surface area contributed by atoms with Gasteiger partial charge in [0.1, 0.15) is 5.75 Å². The molecule has 1 aromatic rings. The third-order valence-corrected chi connectivity index (χ3v) is 2.40. The fourth-order valence-electron chi connectivity index (χ4n) is 1.76. The fraction of sp³-hybridized carbons (Fsp3) is 0.462. The van der Waals surface area contributed by atoms with Crippen LogP contribution < -0.4 is 10.5 Å². The maximum atomic E-state index is 8.70. The van der Waals surface area contributed by atoms with Gasteiger partial charge in [0, 0.05) is 0 Å². The molecule has 0 saturated carbocycles. The van der Waals surface area contributed by atoms with Gasteiger partial charge in [-0.15, -0.1) is 0 Å². The van der Waals surface area contributed by atoms with Crippen molar-refractivity contribution in [2.75, 3.05) is 0 Å². The van der Waals surface area contributed by atoms with E-state index in [1.807, 2.05) is 25.1 Å². The molecule has 0 aliphatic heterocycles. The van der Waals surface area contributed by atoms with Gasteiger partial charge in [0.25, 0.3) is 0 Å². The summed E-state index contributed by atoms with van der Waals surface area (Å²) in [5.41, 5.74) is 6.21. The Bertz CT molecular complexity index is 389. The van der Waals surface area contributed by atoms with Crippen LogP contribution >= 0.6 is 0 Å². The minimum atomic E-state index is 0.0670. The van der Waals surface area contributed by atoms with Crippen molar-refractivity contribution in [3.8, 4) is 5.75 Å². The standard InChI is InChI=1S/C13H20N2O2/c1-9(2)8-10(3)17-12-7-5-4-6-11(12)13(14)15-16/h4-7,9-10,16H,8H2,1-3H3,(H2,14,15). The fourth-order valence-corrected chi connectivity index (χ4v) is 1.76. The van der Waals surface area contributed by atoms with Crippen molar-refractivity contribution < 1.29 is 9.94 Å². The molecule has 0 radical (unpaired) electrons. The van der Waals surface area contributed by atoms with Crippen molar-refractivity contribution in [2.45, 2.75) is 33.3 Å². The number of ether oxygens (including phenoxy) is 1. The molecule has 0 heterocycles. The van der Waals surface area contributed by atoms with Crippen molar-refractivity contribution >= 4 is 5.84 Å². The van der Waals surface area contributed by atoms with E-state index in [0.717, 1.165) is 6.42 Å². The van der Waals surface area contributed by atoms with Crippen LogP contribution in [0.25, 0.3) is 0 Å². The lowest BCUT2D eigenvalue weighted by Crippen LogP contribution is -2.19. The van der Waals surface area contributed by atoms with Gasteiger partial charge in [-0.25, -0.2) is 0 Å². The molecular weight excluding hydrogens is 216 g/mol. The van der Waals surface area contributed by atoms with Gasteiger partial charge in [-0.1, -0.05) is 31.1 Å². The number of rotatable bonds is 5. The molecule has 0 aliphatic carbocycles. The highest BCUT2D eigenvalue weighted by molar-refractivity contribution is 5.99. The third kappa shape index (κ3) is 3.98. The van der Waals surface area contributed by atoms with Crippen LogP contribution in [-0.4, -0.2) is 17.1 Å². The van der Waals surface area contributed by atoms with Crippen LogP contribution in [0.2, 0.25) is 0 Å². The van der Waals surface area contributed by atoms with Gasteiger partial charge in [0.2, 0.25) is 0 Å². The maximum absolute atomic E-state index is 8.70. The van der Waals surface area contributed by atoms with E-state index in [-0.39, 0.29) is 11.9 Å². The maximum Gasteiger partial charge on any atom is 0.173 e. The lowest BCUT2D eigenvalue weighted by molar-refractivity contribution is 0.193. The van der Waals surface area contributed by atoms with E-state index in [9.17, 15) is 0 Å². The van der Waals surface area contributed by atoms with E-state index in [2.05, 4.69) is 19.0 Å². The molecule has 0 aromatic heterocycles. The summed E-state index contributed by atoms with van der Waals surface area (Å²) in [7, 11) is 0. The summed E-state index contributed by atoms with van der Waals surface area (Å²) in [6.45, 7) is 6.31. The Morgan fingerprint density at radius 2 is 2.00 bits per heavy atom. The van der Waals surface area contributed by atoms with Crippen molar-refractivity contribution in [3.63, 3.8) is 0 Å². The minimum Gasteiger partial charge on any atom is -0.490 e. The molecule has 0 saturated heterocycles. The van der Waals surface area contributed by atoms with E-state index < -0.39 is 0 Å². The van der Waals surface area contributed by atoms with Crippen LogP contribution in [0.4, 0.5) is 0 Å². The normalized spacial score (nSPS) is 13.8. The number of para-hydroxylation sites is 1. The average molecular weight is 236 g/mol. The molecule has 4 nitrogen and oxygen atoms in total. The predicted molar refractivity (Wildman–Crippen MR) is 68.5 cm³/mol. The van der Waals surface area contributed by atoms with E-state index in [1.165, 1.54) is 0 Å². The van der Waals surface area contributed by atoms with Crippen LogP contribution in [0.15, 0.2) is 29.4 Å². The summed E-state index contributed by atoms with van der Waals surface area (Å²) in [5.74, 6) is 1.29. The van der Waals surface area contributed by atoms with E-state index in [4.69, 9.17) is 15.7 Å². The molecule has 1 rings (SSSR count). The van der Waals surface area contributed by atoms with Gasteiger partial charge < -0.3 is 15.7 Å². The van der Waals surface area contributed by atoms with Crippen LogP contribution in [0.1, 0.15) is 32.8 Å². The zero-order valence-corrected chi connectivity index (χ0v) is 10.6. The molecule has 3 N–H and O–H groups in total. The van der Waals surface area contributed by atoms with Crippen molar-refractivity contribution in [1.82, 2.24) is 0 Å². The predicted octanol–water partition coefficient (Wildman–Crippen LogP) is 2.59. The molecule has 0 fully saturated rings. The molecule has 0 aliphatic rings. The van der Waals surface area contributed by atoms with Gasteiger partial charge in [-0.2, -0.15) is 0 Å². The average Bonchev–Trinajstić information content (AvgIpc) is 2.27. The number of hydrogen-bond donors (Lipinski definition) is 2. The Morgan fingerprint density at radius 3 is 2.59 bits per heavy atom. The van der Waals surface area contributed by atoms with E-state index in [1.54, 1.807) is 6.07 Å². The molecule has 0 spiro atoms. The third-order valence-electron chi connectivity index (χ3n) is 2.40.